The van der Waals surface area contributed by atoms with Crippen molar-refractivity contribution in [2.45, 2.75) is 30.5 Å². The van der Waals surface area contributed by atoms with Crippen LogP contribution in [0.25, 0.3) is 0 Å². The maximum atomic E-state index is 4.44. The molecule has 1 atom stereocenters. The van der Waals surface area contributed by atoms with E-state index in [0.29, 0.717) is 0 Å². The molecule has 84 valence electrons. The normalized spacial score (nSPS) is 13.9. The summed E-state index contributed by atoms with van der Waals surface area (Å²) in [7, 11) is 0. The van der Waals surface area contributed by atoms with Gasteiger partial charge in [-0.05, 0) is 32.1 Å². The average Bonchev–Trinajstić information content (AvgIpc) is 2.17. The third kappa shape index (κ3) is 4.96. The first-order chi connectivity index (χ1) is 7.03. The molecule has 0 bridgehead atoms. The number of thioether (sulfide) groups is 1. The zero-order valence-corrected chi connectivity index (χ0v) is 11.2. The molecule has 1 rings (SSSR count). The summed E-state index contributed by atoms with van der Waals surface area (Å²) in [5.41, 5.74) is 1.44. The molecule has 0 spiro atoms. The third-order valence-corrected chi connectivity index (χ3v) is 3.55. The SMILES string of the molecule is CS[C@@H](S)NC(C)(C)Cc1ccccc1. The summed E-state index contributed by atoms with van der Waals surface area (Å²) in [5.74, 6) is 0. The average molecular weight is 241 g/mol. The molecule has 1 N–H and O–H groups in total. The molecule has 0 saturated carbocycles. The maximum Gasteiger partial charge on any atom is 0.0974 e. The lowest BCUT2D eigenvalue weighted by atomic mass is 9.95. The fourth-order valence-electron chi connectivity index (χ4n) is 1.55. The lowest BCUT2D eigenvalue weighted by Gasteiger charge is -2.29. The Kier molecular flexibility index (Phi) is 5.03. The molecule has 0 fully saturated rings. The van der Waals surface area contributed by atoms with Crippen molar-refractivity contribution in [3.05, 3.63) is 35.9 Å². The van der Waals surface area contributed by atoms with Crippen molar-refractivity contribution in [3.63, 3.8) is 0 Å². The highest BCUT2D eigenvalue weighted by Crippen LogP contribution is 2.17. The van der Waals surface area contributed by atoms with E-state index in [1.807, 2.05) is 6.07 Å². The van der Waals surface area contributed by atoms with E-state index < -0.39 is 0 Å². The molecular formula is C12H19NS2. The van der Waals surface area contributed by atoms with E-state index in [0.717, 1.165) is 6.42 Å². The Balaban J connectivity index is 2.56. The molecule has 0 aromatic heterocycles. The topological polar surface area (TPSA) is 12.0 Å². The van der Waals surface area contributed by atoms with E-state index in [9.17, 15) is 0 Å². The standard InChI is InChI=1S/C12H19NS2/c1-12(2,13-11(14)15-3)9-10-7-5-4-6-8-10/h4-8,11,13-14H,9H2,1-3H3/t11-/m1/s1. The molecule has 3 heteroatoms. The van der Waals surface area contributed by atoms with E-state index in [2.05, 4.69) is 62.3 Å². The second-order valence-electron chi connectivity index (χ2n) is 4.28. The van der Waals surface area contributed by atoms with Crippen molar-refractivity contribution < 1.29 is 0 Å². The van der Waals surface area contributed by atoms with Gasteiger partial charge in [-0.3, -0.25) is 5.32 Å². The van der Waals surface area contributed by atoms with Gasteiger partial charge in [-0.2, -0.15) is 0 Å². The molecule has 0 unspecified atom stereocenters. The van der Waals surface area contributed by atoms with Crippen LogP contribution in [0.2, 0.25) is 0 Å². The number of nitrogens with one attached hydrogen (secondary N) is 1. The van der Waals surface area contributed by atoms with Gasteiger partial charge in [0.25, 0.3) is 0 Å². The van der Waals surface area contributed by atoms with Gasteiger partial charge in [0.1, 0.15) is 0 Å². The summed E-state index contributed by atoms with van der Waals surface area (Å²) in [6, 6.07) is 10.5. The summed E-state index contributed by atoms with van der Waals surface area (Å²) in [5, 5.41) is 3.48. The highest BCUT2D eigenvalue weighted by Gasteiger charge is 2.20. The van der Waals surface area contributed by atoms with E-state index in [1.54, 1.807) is 11.8 Å². The summed E-state index contributed by atoms with van der Waals surface area (Å²) >= 11 is 6.16. The van der Waals surface area contributed by atoms with Gasteiger partial charge in [-0.1, -0.05) is 30.3 Å². The molecule has 0 aliphatic rings. The molecule has 1 aromatic carbocycles. The quantitative estimate of drug-likeness (QED) is 0.606. The fraction of sp³-hybridized carbons (Fsp3) is 0.500. The summed E-state index contributed by atoms with van der Waals surface area (Å²) in [4.78, 5) is 0. The molecule has 1 nitrogen and oxygen atoms in total. The summed E-state index contributed by atoms with van der Waals surface area (Å²) < 4.78 is 0.198. The smallest absolute Gasteiger partial charge is 0.0974 e. The molecule has 0 heterocycles. The minimum Gasteiger partial charge on any atom is -0.292 e. The van der Waals surface area contributed by atoms with Crippen molar-refractivity contribution >= 4 is 24.4 Å². The molecule has 0 aliphatic heterocycles. The van der Waals surface area contributed by atoms with Crippen LogP contribution in [0.3, 0.4) is 0 Å². The van der Waals surface area contributed by atoms with Crippen molar-refractivity contribution in [3.8, 4) is 0 Å². The Hall–Kier alpha value is -0.120. The Morgan fingerprint density at radius 1 is 1.33 bits per heavy atom. The van der Waals surface area contributed by atoms with Crippen LogP contribution < -0.4 is 5.32 Å². The molecular weight excluding hydrogens is 222 g/mol. The van der Waals surface area contributed by atoms with Crippen LogP contribution >= 0.6 is 24.4 Å². The Labute approximate surface area is 102 Å². The molecule has 0 saturated heterocycles. The van der Waals surface area contributed by atoms with Crippen LogP contribution in [0.5, 0.6) is 0 Å². The lowest BCUT2D eigenvalue weighted by molar-refractivity contribution is 0.407. The monoisotopic (exact) mass is 241 g/mol. The van der Waals surface area contributed by atoms with E-state index in [1.165, 1.54) is 5.56 Å². The number of hydrogen-bond acceptors (Lipinski definition) is 3. The second-order valence-corrected chi connectivity index (χ2v) is 6.09. The van der Waals surface area contributed by atoms with Crippen molar-refractivity contribution in [1.82, 2.24) is 5.32 Å². The van der Waals surface area contributed by atoms with Crippen molar-refractivity contribution in [2.75, 3.05) is 6.26 Å². The van der Waals surface area contributed by atoms with Crippen LogP contribution in [0.15, 0.2) is 30.3 Å². The largest absolute Gasteiger partial charge is 0.292 e. The summed E-state index contributed by atoms with van der Waals surface area (Å²) in [6.45, 7) is 4.42. The van der Waals surface area contributed by atoms with Gasteiger partial charge >= 0.3 is 0 Å². The Morgan fingerprint density at radius 2 is 1.93 bits per heavy atom. The van der Waals surface area contributed by atoms with Crippen LogP contribution in [0.4, 0.5) is 0 Å². The van der Waals surface area contributed by atoms with Gasteiger partial charge in [0.05, 0.1) is 4.71 Å². The minimum absolute atomic E-state index is 0.0801. The van der Waals surface area contributed by atoms with Crippen LogP contribution in [-0.4, -0.2) is 16.5 Å². The number of hydrogen-bond donors (Lipinski definition) is 2. The number of rotatable bonds is 5. The van der Waals surface area contributed by atoms with Gasteiger partial charge in [-0.25, -0.2) is 0 Å². The Bertz CT molecular complexity index is 285. The van der Waals surface area contributed by atoms with Crippen molar-refractivity contribution in [2.24, 2.45) is 0 Å². The van der Waals surface area contributed by atoms with Gasteiger partial charge in [0, 0.05) is 5.54 Å². The molecule has 0 radical (unpaired) electrons. The predicted octanol–water partition coefficient (Wildman–Crippen LogP) is 3.17. The van der Waals surface area contributed by atoms with Gasteiger partial charge in [-0.15, -0.1) is 24.4 Å². The van der Waals surface area contributed by atoms with Crippen molar-refractivity contribution in [1.29, 1.82) is 0 Å². The zero-order valence-electron chi connectivity index (χ0n) is 9.53. The van der Waals surface area contributed by atoms with E-state index in [4.69, 9.17) is 0 Å². The molecule has 15 heavy (non-hydrogen) atoms. The van der Waals surface area contributed by atoms with Gasteiger partial charge in [0.2, 0.25) is 0 Å². The molecule has 1 aromatic rings. The van der Waals surface area contributed by atoms with Crippen LogP contribution in [0, 0.1) is 0 Å². The van der Waals surface area contributed by atoms with Crippen LogP contribution in [0.1, 0.15) is 19.4 Å². The second kappa shape index (κ2) is 5.83. The summed E-state index contributed by atoms with van der Waals surface area (Å²) in [6.07, 6.45) is 3.08. The van der Waals surface area contributed by atoms with Gasteiger partial charge < -0.3 is 0 Å². The first-order valence-corrected chi connectivity index (χ1v) is 6.86. The predicted molar refractivity (Wildman–Crippen MR) is 73.6 cm³/mol. The van der Waals surface area contributed by atoms with Gasteiger partial charge in [0.15, 0.2) is 0 Å². The number of benzene rings is 1. The minimum atomic E-state index is 0.0801. The van der Waals surface area contributed by atoms with Crippen LogP contribution in [-0.2, 0) is 6.42 Å². The molecule has 0 amide bonds. The maximum absolute atomic E-state index is 4.44. The zero-order chi connectivity index (χ0) is 11.3. The van der Waals surface area contributed by atoms with E-state index in [-0.39, 0.29) is 10.2 Å². The highest BCUT2D eigenvalue weighted by molar-refractivity contribution is 8.09. The Morgan fingerprint density at radius 3 is 2.47 bits per heavy atom. The molecule has 0 aliphatic carbocycles. The third-order valence-electron chi connectivity index (χ3n) is 2.23. The number of thiol groups is 1. The first-order valence-electron chi connectivity index (χ1n) is 5.06. The lowest BCUT2D eigenvalue weighted by Crippen LogP contribution is -2.44. The highest BCUT2D eigenvalue weighted by atomic mass is 32.2. The van der Waals surface area contributed by atoms with E-state index >= 15 is 0 Å². The fourth-order valence-corrected chi connectivity index (χ4v) is 2.34. The first kappa shape index (κ1) is 12.9.